The number of rotatable bonds is 1. The number of β-amino-alcohol motifs (C(OH)–C–C–N with tert-alkyl or cyclic N) is 2. The quantitative estimate of drug-likeness (QED) is 0.712. The van der Waals surface area contributed by atoms with Crippen LogP contribution in [-0.2, 0) is 0 Å². The number of aromatic nitrogens is 1. The Hall–Kier alpha value is -1.46. The van der Waals surface area contributed by atoms with Crippen LogP contribution in [0.3, 0.4) is 0 Å². The largest absolute Gasteiger partial charge is 0.388 e. The van der Waals surface area contributed by atoms with Crippen molar-refractivity contribution in [3.63, 3.8) is 0 Å². The number of aryl methyl sites for hydroxylation is 2. The lowest BCUT2D eigenvalue weighted by atomic mass is 10.1. The number of aliphatic hydroxyl groups is 2. The average Bonchev–Trinajstić information content (AvgIpc) is 2.58. The van der Waals surface area contributed by atoms with Gasteiger partial charge in [0, 0.05) is 18.8 Å². The molecule has 0 aliphatic carbocycles. The first kappa shape index (κ1) is 12.0. The third-order valence-corrected chi connectivity index (χ3v) is 3.00. The number of carbonyl (C=O) groups excluding carboxylic acids is 1. The third-order valence-electron chi connectivity index (χ3n) is 3.00. The van der Waals surface area contributed by atoms with E-state index in [1.807, 2.05) is 6.92 Å². The summed E-state index contributed by atoms with van der Waals surface area (Å²) in [6.07, 6.45) is -1.70. The fourth-order valence-corrected chi connectivity index (χ4v) is 2.02. The highest BCUT2D eigenvalue weighted by Crippen LogP contribution is 2.16. The molecule has 0 saturated carbocycles. The zero-order valence-corrected chi connectivity index (χ0v) is 9.92. The van der Waals surface area contributed by atoms with Crippen LogP contribution in [0.2, 0.25) is 0 Å². The fourth-order valence-electron chi connectivity index (χ4n) is 2.02. The van der Waals surface area contributed by atoms with Gasteiger partial charge in [-0.1, -0.05) is 0 Å². The van der Waals surface area contributed by atoms with Crippen molar-refractivity contribution < 1.29 is 15.0 Å². The second kappa shape index (κ2) is 4.43. The molecule has 1 aliphatic rings. The summed E-state index contributed by atoms with van der Waals surface area (Å²) in [4.78, 5) is 17.8. The van der Waals surface area contributed by atoms with Crippen molar-refractivity contribution in [2.24, 2.45) is 0 Å². The van der Waals surface area contributed by atoms with Crippen molar-refractivity contribution in [2.45, 2.75) is 26.1 Å². The summed E-state index contributed by atoms with van der Waals surface area (Å²) in [5, 5.41) is 18.8. The molecule has 2 heterocycles. The number of pyridine rings is 1. The van der Waals surface area contributed by atoms with Crippen LogP contribution in [0, 0.1) is 13.8 Å². The summed E-state index contributed by atoms with van der Waals surface area (Å²) in [7, 11) is 0. The molecular weight excluding hydrogens is 220 g/mol. The Kier molecular flexibility index (Phi) is 3.13. The maximum absolute atomic E-state index is 12.1. The van der Waals surface area contributed by atoms with Gasteiger partial charge in [0.2, 0.25) is 0 Å². The van der Waals surface area contributed by atoms with E-state index in [-0.39, 0.29) is 19.0 Å². The number of hydrogen-bond acceptors (Lipinski definition) is 4. The van der Waals surface area contributed by atoms with E-state index in [1.165, 1.54) is 4.90 Å². The molecule has 2 rings (SSSR count). The Morgan fingerprint density at radius 1 is 1.29 bits per heavy atom. The van der Waals surface area contributed by atoms with Crippen molar-refractivity contribution in [3.05, 3.63) is 29.1 Å². The van der Waals surface area contributed by atoms with Gasteiger partial charge in [-0.2, -0.15) is 0 Å². The second-order valence-electron chi connectivity index (χ2n) is 4.43. The van der Waals surface area contributed by atoms with E-state index in [0.29, 0.717) is 11.3 Å². The SMILES string of the molecule is Cc1ccc(C(=O)N2CC(O)C(O)C2)c(C)n1. The molecule has 0 radical (unpaired) electrons. The molecule has 5 nitrogen and oxygen atoms in total. The van der Waals surface area contributed by atoms with E-state index in [2.05, 4.69) is 4.98 Å². The molecule has 1 amide bonds. The van der Waals surface area contributed by atoms with Gasteiger partial charge in [0.05, 0.1) is 23.5 Å². The van der Waals surface area contributed by atoms with E-state index in [0.717, 1.165) is 5.69 Å². The number of carbonyl (C=O) groups is 1. The van der Waals surface area contributed by atoms with Gasteiger partial charge in [0.1, 0.15) is 0 Å². The van der Waals surface area contributed by atoms with E-state index in [9.17, 15) is 15.0 Å². The minimum atomic E-state index is -0.849. The van der Waals surface area contributed by atoms with Gasteiger partial charge in [-0.15, -0.1) is 0 Å². The molecule has 0 aromatic carbocycles. The first-order valence-corrected chi connectivity index (χ1v) is 5.58. The topological polar surface area (TPSA) is 73.7 Å². The molecule has 2 N–H and O–H groups in total. The highest BCUT2D eigenvalue weighted by atomic mass is 16.3. The molecular formula is C12H16N2O3. The summed E-state index contributed by atoms with van der Waals surface area (Å²) in [6.45, 7) is 3.99. The summed E-state index contributed by atoms with van der Waals surface area (Å²) in [6, 6.07) is 3.51. The van der Waals surface area contributed by atoms with Gasteiger partial charge in [-0.25, -0.2) is 0 Å². The molecule has 1 aromatic heterocycles. The van der Waals surface area contributed by atoms with Gasteiger partial charge in [-0.05, 0) is 26.0 Å². The Labute approximate surface area is 99.7 Å². The van der Waals surface area contributed by atoms with Crippen molar-refractivity contribution in [2.75, 3.05) is 13.1 Å². The predicted octanol–water partition coefficient (Wildman–Crippen LogP) is -0.124. The van der Waals surface area contributed by atoms with Gasteiger partial charge in [-0.3, -0.25) is 9.78 Å². The molecule has 5 heteroatoms. The lowest BCUT2D eigenvalue weighted by Gasteiger charge is -2.16. The Balaban J connectivity index is 2.20. The first-order valence-electron chi connectivity index (χ1n) is 5.58. The van der Waals surface area contributed by atoms with Gasteiger partial charge in [0.15, 0.2) is 0 Å². The van der Waals surface area contributed by atoms with Crippen LogP contribution in [0.25, 0.3) is 0 Å². The zero-order chi connectivity index (χ0) is 12.6. The molecule has 1 saturated heterocycles. The van der Waals surface area contributed by atoms with Crippen molar-refractivity contribution >= 4 is 5.91 Å². The van der Waals surface area contributed by atoms with Gasteiger partial charge >= 0.3 is 0 Å². The number of aliphatic hydroxyl groups excluding tert-OH is 2. The fraction of sp³-hybridized carbons (Fsp3) is 0.500. The van der Waals surface area contributed by atoms with Gasteiger partial charge in [0.25, 0.3) is 5.91 Å². The van der Waals surface area contributed by atoms with Crippen molar-refractivity contribution in [1.29, 1.82) is 0 Å². The van der Waals surface area contributed by atoms with E-state index in [4.69, 9.17) is 0 Å². The lowest BCUT2D eigenvalue weighted by Crippen LogP contribution is -2.30. The number of nitrogens with zero attached hydrogens (tertiary/aromatic N) is 2. The number of hydrogen-bond donors (Lipinski definition) is 2. The molecule has 1 aliphatic heterocycles. The maximum atomic E-state index is 12.1. The van der Waals surface area contributed by atoms with Crippen molar-refractivity contribution in [1.82, 2.24) is 9.88 Å². The van der Waals surface area contributed by atoms with Crippen LogP contribution in [0.1, 0.15) is 21.7 Å². The second-order valence-corrected chi connectivity index (χ2v) is 4.43. The molecule has 1 aromatic rings. The number of amides is 1. The highest BCUT2D eigenvalue weighted by molar-refractivity contribution is 5.95. The Bertz CT molecular complexity index is 437. The van der Waals surface area contributed by atoms with Crippen LogP contribution in [0.5, 0.6) is 0 Å². The highest BCUT2D eigenvalue weighted by Gasteiger charge is 2.33. The van der Waals surface area contributed by atoms with Crippen LogP contribution in [0.4, 0.5) is 0 Å². The first-order chi connectivity index (χ1) is 7.99. The maximum Gasteiger partial charge on any atom is 0.255 e. The molecule has 2 unspecified atom stereocenters. The normalized spacial score (nSPS) is 24.1. The van der Waals surface area contributed by atoms with Crippen LogP contribution < -0.4 is 0 Å². The molecule has 0 spiro atoms. The standard InChI is InChI=1S/C12H16N2O3/c1-7-3-4-9(8(2)13-7)12(17)14-5-10(15)11(16)6-14/h3-4,10-11,15-16H,5-6H2,1-2H3. The van der Waals surface area contributed by atoms with E-state index < -0.39 is 12.2 Å². The summed E-state index contributed by atoms with van der Waals surface area (Å²) >= 11 is 0. The molecule has 1 fully saturated rings. The summed E-state index contributed by atoms with van der Waals surface area (Å²) < 4.78 is 0. The monoisotopic (exact) mass is 236 g/mol. The van der Waals surface area contributed by atoms with E-state index >= 15 is 0 Å². The summed E-state index contributed by atoms with van der Waals surface area (Å²) in [5.41, 5.74) is 2.06. The molecule has 92 valence electrons. The molecule has 17 heavy (non-hydrogen) atoms. The van der Waals surface area contributed by atoms with Crippen LogP contribution in [0.15, 0.2) is 12.1 Å². The number of likely N-dealkylation sites (tertiary alicyclic amines) is 1. The van der Waals surface area contributed by atoms with E-state index in [1.54, 1.807) is 19.1 Å². The van der Waals surface area contributed by atoms with Crippen molar-refractivity contribution in [3.8, 4) is 0 Å². The average molecular weight is 236 g/mol. The molecule has 0 bridgehead atoms. The van der Waals surface area contributed by atoms with Crippen LogP contribution in [-0.4, -0.2) is 51.3 Å². The Morgan fingerprint density at radius 3 is 2.41 bits per heavy atom. The Morgan fingerprint density at radius 2 is 1.88 bits per heavy atom. The minimum absolute atomic E-state index is 0.174. The minimum Gasteiger partial charge on any atom is -0.388 e. The smallest absolute Gasteiger partial charge is 0.255 e. The third kappa shape index (κ3) is 2.30. The zero-order valence-electron chi connectivity index (χ0n) is 9.92. The van der Waals surface area contributed by atoms with Crippen LogP contribution >= 0.6 is 0 Å². The lowest BCUT2D eigenvalue weighted by molar-refractivity contribution is 0.0572. The predicted molar refractivity (Wildman–Crippen MR) is 61.6 cm³/mol. The molecule has 2 atom stereocenters. The van der Waals surface area contributed by atoms with Gasteiger partial charge < -0.3 is 15.1 Å². The summed E-state index contributed by atoms with van der Waals surface area (Å²) in [5.74, 6) is -0.189.